The van der Waals surface area contributed by atoms with Gasteiger partial charge in [0.1, 0.15) is 6.04 Å². The van der Waals surface area contributed by atoms with Crippen molar-refractivity contribution in [1.82, 2.24) is 30.1 Å². The molecule has 3 N–H and O–H groups in total. The maximum atomic E-state index is 13.8. The lowest BCUT2D eigenvalue weighted by atomic mass is 10.0. The van der Waals surface area contributed by atoms with Gasteiger partial charge in [0, 0.05) is 31.3 Å². The normalized spacial score (nSPS) is 16.9. The Morgan fingerprint density at radius 2 is 1.84 bits per heavy atom. The largest absolute Gasteiger partial charge is 0.433 e. The number of imide groups is 2. The minimum absolute atomic E-state index is 0.00743. The fourth-order valence-corrected chi connectivity index (χ4v) is 5.58. The molecule has 2 aliphatic heterocycles. The van der Waals surface area contributed by atoms with E-state index in [2.05, 4.69) is 26.0 Å². The molecular weight excluding hydrogens is 591 g/mol. The molecule has 220 valence electrons. The molecule has 0 spiro atoms. The van der Waals surface area contributed by atoms with Crippen LogP contribution in [-0.2, 0) is 15.8 Å². The second kappa shape index (κ2) is 10.6. The van der Waals surface area contributed by atoms with Crippen molar-refractivity contribution in [2.24, 2.45) is 0 Å². The molecule has 16 heteroatoms. The van der Waals surface area contributed by atoms with E-state index < -0.39 is 47.4 Å². The average Bonchev–Trinajstić information content (AvgIpc) is 3.70. The molecule has 12 nitrogen and oxygen atoms in total. The van der Waals surface area contributed by atoms with Crippen molar-refractivity contribution in [2.75, 3.05) is 18.4 Å². The molecule has 6 rings (SSSR count). The summed E-state index contributed by atoms with van der Waals surface area (Å²) in [5, 5.41) is 13.3. The zero-order valence-corrected chi connectivity index (χ0v) is 22.7. The lowest BCUT2D eigenvalue weighted by Crippen LogP contribution is -2.54. The van der Waals surface area contributed by atoms with E-state index in [-0.39, 0.29) is 54.1 Å². The van der Waals surface area contributed by atoms with E-state index in [1.54, 1.807) is 23.6 Å². The predicted molar refractivity (Wildman–Crippen MR) is 145 cm³/mol. The fraction of sp³-hybridized carbons (Fsp3) is 0.222. The highest BCUT2D eigenvalue weighted by molar-refractivity contribution is 7.13. The number of carbonyl (C=O) groups is 5. The quantitative estimate of drug-likeness (QED) is 0.213. The van der Waals surface area contributed by atoms with Crippen LogP contribution in [0, 0.1) is 0 Å². The van der Waals surface area contributed by atoms with Gasteiger partial charge in [0.2, 0.25) is 11.8 Å². The Labute approximate surface area is 243 Å². The van der Waals surface area contributed by atoms with Crippen molar-refractivity contribution >= 4 is 52.2 Å². The number of benzene rings is 1. The Balaban J connectivity index is 1.11. The Morgan fingerprint density at radius 1 is 1.05 bits per heavy atom. The van der Waals surface area contributed by atoms with E-state index in [1.807, 2.05) is 0 Å². The van der Waals surface area contributed by atoms with Gasteiger partial charge in [0.05, 0.1) is 21.7 Å². The highest BCUT2D eigenvalue weighted by Gasteiger charge is 2.44. The minimum atomic E-state index is -4.74. The van der Waals surface area contributed by atoms with Crippen molar-refractivity contribution in [2.45, 2.75) is 25.1 Å². The number of fused-ring (bicyclic) bond motifs is 2. The van der Waals surface area contributed by atoms with Crippen LogP contribution >= 0.6 is 11.3 Å². The number of hydrogen-bond acceptors (Lipinski definition) is 9. The first-order chi connectivity index (χ1) is 20.5. The first-order valence-corrected chi connectivity index (χ1v) is 13.8. The van der Waals surface area contributed by atoms with E-state index in [0.29, 0.717) is 15.1 Å². The summed E-state index contributed by atoms with van der Waals surface area (Å²) in [5.74, 6) is -3.19. The van der Waals surface area contributed by atoms with Crippen LogP contribution in [0.2, 0.25) is 0 Å². The van der Waals surface area contributed by atoms with Crippen molar-refractivity contribution in [1.29, 1.82) is 0 Å². The van der Waals surface area contributed by atoms with Gasteiger partial charge in [-0.25, -0.2) is 9.50 Å². The SMILES string of the molecule is O=C1CCC(N2C(=O)c3ccc(NCCNC(=O)c4cc5nc(-c6cccs6)cc(C(F)(F)F)n5n4)cc3C2=O)C(=O)N1. The first kappa shape index (κ1) is 28.0. The van der Waals surface area contributed by atoms with Crippen LogP contribution in [0.3, 0.4) is 0 Å². The van der Waals surface area contributed by atoms with Crippen LogP contribution in [0.5, 0.6) is 0 Å². The number of rotatable bonds is 7. The van der Waals surface area contributed by atoms with E-state index >= 15 is 0 Å². The number of anilines is 1. The molecule has 2 aliphatic rings. The summed E-state index contributed by atoms with van der Waals surface area (Å²) in [6.45, 7) is 0.199. The molecule has 4 aromatic rings. The number of piperidine rings is 1. The molecule has 0 aliphatic carbocycles. The Hall–Kier alpha value is -5.12. The second-order valence-corrected chi connectivity index (χ2v) is 10.6. The molecule has 43 heavy (non-hydrogen) atoms. The van der Waals surface area contributed by atoms with Crippen LogP contribution in [0.15, 0.2) is 47.8 Å². The highest BCUT2D eigenvalue weighted by Crippen LogP contribution is 2.34. The van der Waals surface area contributed by atoms with E-state index in [0.717, 1.165) is 11.0 Å². The highest BCUT2D eigenvalue weighted by atomic mass is 32.1. The number of nitrogens with one attached hydrogen (secondary N) is 3. The topological polar surface area (TPSA) is 155 Å². The van der Waals surface area contributed by atoms with Gasteiger partial charge in [0.25, 0.3) is 17.7 Å². The van der Waals surface area contributed by atoms with Crippen LogP contribution in [0.4, 0.5) is 18.9 Å². The van der Waals surface area contributed by atoms with Crippen molar-refractivity contribution in [3.05, 3.63) is 70.4 Å². The molecule has 0 radical (unpaired) electrons. The zero-order valence-electron chi connectivity index (χ0n) is 21.9. The van der Waals surface area contributed by atoms with Gasteiger partial charge in [-0.15, -0.1) is 11.3 Å². The maximum Gasteiger partial charge on any atom is 0.433 e. The standard InChI is InChI=1S/C27H20F3N7O5S/c28-27(29,30)20-11-16(19-2-1-9-43-19)33-21-12-17(35-37(20)21)23(39)32-8-7-31-13-3-4-14-15(10-13)26(42)36(25(14)41)18-5-6-22(38)34-24(18)40/h1-4,9-12,18,31H,5-8H2,(H,32,39)(H,34,38,40). The number of alkyl halides is 3. The molecule has 5 heterocycles. The molecule has 1 saturated heterocycles. The van der Waals surface area contributed by atoms with E-state index in [9.17, 15) is 37.1 Å². The third kappa shape index (κ3) is 5.20. The van der Waals surface area contributed by atoms with Crippen molar-refractivity contribution in [3.8, 4) is 10.6 Å². The monoisotopic (exact) mass is 611 g/mol. The molecule has 1 fully saturated rings. The zero-order chi connectivity index (χ0) is 30.5. The second-order valence-electron chi connectivity index (χ2n) is 9.69. The first-order valence-electron chi connectivity index (χ1n) is 12.9. The van der Waals surface area contributed by atoms with Crippen LogP contribution in [-0.4, -0.2) is 68.2 Å². The van der Waals surface area contributed by atoms with Crippen molar-refractivity contribution < 1.29 is 37.1 Å². The minimum Gasteiger partial charge on any atom is -0.383 e. The molecule has 1 unspecified atom stereocenters. The smallest absolute Gasteiger partial charge is 0.383 e. The number of halogens is 3. The molecule has 1 atom stereocenters. The third-order valence-corrected chi connectivity index (χ3v) is 7.80. The van der Waals surface area contributed by atoms with E-state index in [1.165, 1.54) is 29.5 Å². The van der Waals surface area contributed by atoms with Gasteiger partial charge in [-0.3, -0.25) is 34.2 Å². The number of hydrogen-bond donors (Lipinski definition) is 3. The Morgan fingerprint density at radius 3 is 2.56 bits per heavy atom. The summed E-state index contributed by atoms with van der Waals surface area (Å²) in [6.07, 6.45) is -4.69. The molecule has 0 bridgehead atoms. The Kier molecular flexibility index (Phi) is 6.92. The summed E-state index contributed by atoms with van der Waals surface area (Å²) in [7, 11) is 0. The number of nitrogens with zero attached hydrogens (tertiary/aromatic N) is 4. The average molecular weight is 612 g/mol. The Bertz CT molecular complexity index is 1820. The summed E-state index contributed by atoms with van der Waals surface area (Å²) in [6, 6.07) is 8.75. The number of aromatic nitrogens is 3. The van der Waals surface area contributed by atoms with Crippen LogP contribution in [0.25, 0.3) is 16.2 Å². The van der Waals surface area contributed by atoms with E-state index in [4.69, 9.17) is 0 Å². The summed E-state index contributed by atoms with van der Waals surface area (Å²) in [4.78, 5) is 67.8. The van der Waals surface area contributed by atoms with Gasteiger partial charge >= 0.3 is 6.18 Å². The number of amides is 5. The molecule has 5 amide bonds. The van der Waals surface area contributed by atoms with Gasteiger partial charge in [-0.2, -0.15) is 18.3 Å². The molecule has 3 aromatic heterocycles. The predicted octanol–water partition coefficient (Wildman–Crippen LogP) is 2.72. The molecular formula is C27H20F3N7O5S. The van der Waals surface area contributed by atoms with Gasteiger partial charge in [0.15, 0.2) is 17.0 Å². The number of carbonyl (C=O) groups excluding carboxylic acids is 5. The number of thiophene rings is 1. The van der Waals surface area contributed by atoms with Gasteiger partial charge in [-0.05, 0) is 42.1 Å². The maximum absolute atomic E-state index is 13.8. The molecule has 1 aromatic carbocycles. The summed E-state index contributed by atoms with van der Waals surface area (Å²) in [5.41, 5.74) is -0.685. The molecule has 0 saturated carbocycles. The van der Waals surface area contributed by atoms with Crippen LogP contribution in [0.1, 0.15) is 49.7 Å². The lowest BCUT2D eigenvalue weighted by Gasteiger charge is -2.27. The summed E-state index contributed by atoms with van der Waals surface area (Å²) < 4.78 is 41.9. The van der Waals surface area contributed by atoms with Gasteiger partial charge < -0.3 is 10.6 Å². The fourth-order valence-electron chi connectivity index (χ4n) is 4.89. The van der Waals surface area contributed by atoms with Crippen LogP contribution < -0.4 is 16.0 Å². The van der Waals surface area contributed by atoms with Gasteiger partial charge in [-0.1, -0.05) is 6.07 Å². The third-order valence-electron chi connectivity index (χ3n) is 6.90. The van der Waals surface area contributed by atoms with Crippen molar-refractivity contribution in [3.63, 3.8) is 0 Å². The summed E-state index contributed by atoms with van der Waals surface area (Å²) >= 11 is 1.23. The lowest BCUT2D eigenvalue weighted by molar-refractivity contribution is -0.142.